The molecule has 0 aromatic heterocycles. The Kier molecular flexibility index (Phi) is 3.88. The largest absolute Gasteiger partial charge is 0.504 e. The summed E-state index contributed by atoms with van der Waals surface area (Å²) in [5.41, 5.74) is 1.58. The molecule has 2 bridgehead atoms. The normalized spacial score (nSPS) is 31.0. The molecule has 2 aliphatic carbocycles. The second kappa shape index (κ2) is 5.74. The van der Waals surface area contributed by atoms with Crippen molar-refractivity contribution in [2.75, 3.05) is 27.8 Å². The Labute approximate surface area is 155 Å². The Balaban J connectivity index is 2.01. The summed E-state index contributed by atoms with van der Waals surface area (Å²) < 4.78 is 11.6. The monoisotopic (exact) mass is 407 g/mol. The number of hydrogen-bond acceptors (Lipinski definition) is 5. The van der Waals surface area contributed by atoms with Gasteiger partial charge < -0.3 is 19.5 Å². The molecule has 6 heteroatoms. The lowest BCUT2D eigenvalue weighted by Gasteiger charge is -2.56. The standard InChI is InChI=1S/C19H22BrNO4/c1-21-5-4-19-9-14(22)15(24-2)7-11(19)13(21)6-10-12(20)8-16(25-3)18(23)17(10)19/h7-8,11,13,23H,4-6,9H2,1-3H3/t11?,13-,19+/m0/s1. The van der Waals surface area contributed by atoms with Crippen LogP contribution < -0.4 is 4.74 Å². The van der Waals surface area contributed by atoms with E-state index < -0.39 is 5.41 Å². The van der Waals surface area contributed by atoms with Gasteiger partial charge in [-0.2, -0.15) is 0 Å². The van der Waals surface area contributed by atoms with Gasteiger partial charge in [-0.25, -0.2) is 0 Å². The molecule has 134 valence electrons. The predicted octanol–water partition coefficient (Wildman–Crippen LogP) is 2.78. The summed E-state index contributed by atoms with van der Waals surface area (Å²) in [5, 5.41) is 11.0. The van der Waals surface area contributed by atoms with Gasteiger partial charge in [0, 0.05) is 33.8 Å². The molecule has 3 aliphatic rings. The lowest BCUT2D eigenvalue weighted by Crippen LogP contribution is -2.60. The molecule has 1 heterocycles. The highest BCUT2D eigenvalue weighted by Crippen LogP contribution is 2.58. The minimum Gasteiger partial charge on any atom is -0.504 e. The molecule has 0 amide bonds. The van der Waals surface area contributed by atoms with Crippen LogP contribution >= 0.6 is 15.9 Å². The van der Waals surface area contributed by atoms with E-state index in [4.69, 9.17) is 9.47 Å². The summed E-state index contributed by atoms with van der Waals surface area (Å²) in [4.78, 5) is 15.0. The van der Waals surface area contributed by atoms with Crippen molar-refractivity contribution in [2.24, 2.45) is 5.92 Å². The number of phenols is 1. The van der Waals surface area contributed by atoms with Crippen molar-refractivity contribution in [3.63, 3.8) is 0 Å². The van der Waals surface area contributed by atoms with Gasteiger partial charge in [0.05, 0.1) is 14.2 Å². The minimum atomic E-state index is -0.398. The van der Waals surface area contributed by atoms with E-state index in [1.165, 1.54) is 0 Å². The average Bonchev–Trinajstić information content (AvgIpc) is 2.59. The molecule has 1 unspecified atom stereocenters. The molecule has 0 radical (unpaired) electrons. The van der Waals surface area contributed by atoms with Crippen molar-refractivity contribution in [1.82, 2.24) is 4.90 Å². The molecular formula is C19H22BrNO4. The Bertz CT molecular complexity index is 790. The summed E-state index contributed by atoms with van der Waals surface area (Å²) in [6.45, 7) is 0.901. The molecule has 1 aromatic rings. The fourth-order valence-corrected chi connectivity index (χ4v) is 5.63. The molecule has 1 aromatic carbocycles. The second-order valence-corrected chi connectivity index (χ2v) is 8.14. The van der Waals surface area contributed by atoms with Gasteiger partial charge in [-0.1, -0.05) is 15.9 Å². The topological polar surface area (TPSA) is 59.0 Å². The fraction of sp³-hybridized carbons (Fsp3) is 0.526. The van der Waals surface area contributed by atoms with E-state index in [1.54, 1.807) is 14.2 Å². The van der Waals surface area contributed by atoms with Crippen LogP contribution in [0.1, 0.15) is 24.0 Å². The highest BCUT2D eigenvalue weighted by molar-refractivity contribution is 9.10. The van der Waals surface area contributed by atoms with Crippen LogP contribution in [0.25, 0.3) is 0 Å². The lowest BCUT2D eigenvalue weighted by atomic mass is 9.53. The number of hydrogen-bond donors (Lipinski definition) is 1. The van der Waals surface area contributed by atoms with E-state index in [1.807, 2.05) is 12.1 Å². The Morgan fingerprint density at radius 3 is 2.80 bits per heavy atom. The number of likely N-dealkylation sites (N-methyl/N-ethyl adjacent to an activating group) is 1. The number of benzene rings is 1. The minimum absolute atomic E-state index is 0.00763. The zero-order valence-corrected chi connectivity index (χ0v) is 16.2. The fourth-order valence-electron chi connectivity index (χ4n) is 5.06. The number of piperidine rings is 1. The third-order valence-electron chi connectivity index (χ3n) is 6.28. The van der Waals surface area contributed by atoms with Crippen LogP contribution in [0.15, 0.2) is 22.4 Å². The maximum atomic E-state index is 12.7. The Morgan fingerprint density at radius 1 is 1.36 bits per heavy atom. The summed E-state index contributed by atoms with van der Waals surface area (Å²) in [7, 11) is 5.24. The van der Waals surface area contributed by atoms with Gasteiger partial charge in [-0.3, -0.25) is 4.79 Å². The van der Waals surface area contributed by atoms with Crippen LogP contribution in [-0.2, 0) is 21.4 Å². The van der Waals surface area contributed by atoms with Crippen molar-refractivity contribution >= 4 is 21.7 Å². The zero-order chi connectivity index (χ0) is 17.9. The number of likely N-dealkylation sites (tertiary alicyclic amines) is 1. The number of ether oxygens (including phenoxy) is 2. The number of ketones is 1. The SMILES string of the molecule is COC1=CC2[C@@H]3Cc4c(Br)cc(OC)c(O)c4[C@]2(CCN3C)CC1=O. The van der Waals surface area contributed by atoms with Crippen molar-refractivity contribution < 1.29 is 19.4 Å². The zero-order valence-electron chi connectivity index (χ0n) is 14.6. The van der Waals surface area contributed by atoms with Crippen LogP contribution in [0.4, 0.5) is 0 Å². The van der Waals surface area contributed by atoms with Crippen molar-refractivity contribution in [3.05, 3.63) is 33.5 Å². The van der Waals surface area contributed by atoms with E-state index in [0.29, 0.717) is 17.9 Å². The number of rotatable bonds is 2. The summed E-state index contributed by atoms with van der Waals surface area (Å²) in [6, 6.07) is 2.10. The molecular weight excluding hydrogens is 386 g/mol. The van der Waals surface area contributed by atoms with Crippen molar-refractivity contribution in [1.29, 1.82) is 0 Å². The number of carbonyl (C=O) groups excluding carboxylic acids is 1. The highest BCUT2D eigenvalue weighted by atomic mass is 79.9. The number of halogens is 1. The quantitative estimate of drug-likeness (QED) is 0.816. The van der Waals surface area contributed by atoms with Crippen molar-refractivity contribution in [2.45, 2.75) is 30.7 Å². The van der Waals surface area contributed by atoms with Gasteiger partial charge >= 0.3 is 0 Å². The number of phenolic OH excluding ortho intramolecular Hbond substituents is 1. The number of methoxy groups -OCH3 is 2. The van der Waals surface area contributed by atoms with Gasteiger partial charge in [0.15, 0.2) is 23.0 Å². The van der Waals surface area contributed by atoms with Crippen LogP contribution in [0.3, 0.4) is 0 Å². The molecule has 25 heavy (non-hydrogen) atoms. The molecule has 0 spiro atoms. The molecule has 4 rings (SSSR count). The van der Waals surface area contributed by atoms with Crippen LogP contribution in [-0.4, -0.2) is 49.6 Å². The number of Topliss-reactive ketones (excluding diaryl/α,β-unsaturated/α-hetero) is 1. The first-order valence-electron chi connectivity index (χ1n) is 8.51. The molecule has 3 atom stereocenters. The maximum absolute atomic E-state index is 12.7. The molecule has 1 N–H and O–H groups in total. The first-order chi connectivity index (χ1) is 11.9. The second-order valence-electron chi connectivity index (χ2n) is 7.28. The third-order valence-corrected chi connectivity index (χ3v) is 6.99. The number of carbonyl (C=O) groups is 1. The van der Waals surface area contributed by atoms with E-state index in [0.717, 1.165) is 35.0 Å². The third kappa shape index (κ3) is 2.20. The van der Waals surface area contributed by atoms with Crippen LogP contribution in [0, 0.1) is 5.92 Å². The molecule has 1 fully saturated rings. The van der Waals surface area contributed by atoms with Gasteiger partial charge in [-0.15, -0.1) is 0 Å². The summed E-state index contributed by atoms with van der Waals surface area (Å²) in [6.07, 6.45) is 3.99. The average molecular weight is 408 g/mol. The van der Waals surface area contributed by atoms with Gasteiger partial charge in [0.25, 0.3) is 0 Å². The molecule has 1 aliphatic heterocycles. The van der Waals surface area contributed by atoms with E-state index >= 15 is 0 Å². The maximum Gasteiger partial charge on any atom is 0.197 e. The summed E-state index contributed by atoms with van der Waals surface area (Å²) in [5.74, 6) is 1.22. The van der Waals surface area contributed by atoms with Crippen molar-refractivity contribution in [3.8, 4) is 11.5 Å². The number of aromatic hydroxyl groups is 1. The van der Waals surface area contributed by atoms with Crippen LogP contribution in [0.5, 0.6) is 11.5 Å². The number of fused-ring (bicyclic) bond motifs is 1. The van der Waals surface area contributed by atoms with E-state index in [-0.39, 0.29) is 23.5 Å². The smallest absolute Gasteiger partial charge is 0.197 e. The molecule has 0 saturated carbocycles. The summed E-state index contributed by atoms with van der Waals surface area (Å²) >= 11 is 3.66. The molecule has 5 nitrogen and oxygen atoms in total. The van der Waals surface area contributed by atoms with Gasteiger partial charge in [0.1, 0.15) is 0 Å². The molecule has 1 saturated heterocycles. The highest BCUT2D eigenvalue weighted by Gasteiger charge is 2.57. The lowest BCUT2D eigenvalue weighted by molar-refractivity contribution is -0.122. The number of nitrogens with zero attached hydrogens (tertiary/aromatic N) is 1. The Morgan fingerprint density at radius 2 is 2.12 bits per heavy atom. The van der Waals surface area contributed by atoms with E-state index in [2.05, 4.69) is 27.9 Å². The first-order valence-corrected chi connectivity index (χ1v) is 9.30. The number of allylic oxidation sites excluding steroid dienone is 1. The van der Waals surface area contributed by atoms with Crippen LogP contribution in [0.2, 0.25) is 0 Å². The predicted molar refractivity (Wildman–Crippen MR) is 97.0 cm³/mol. The van der Waals surface area contributed by atoms with Gasteiger partial charge in [0.2, 0.25) is 0 Å². The Hall–Kier alpha value is -1.53. The first kappa shape index (κ1) is 16.9. The van der Waals surface area contributed by atoms with E-state index in [9.17, 15) is 9.90 Å². The van der Waals surface area contributed by atoms with Gasteiger partial charge in [-0.05, 0) is 44.1 Å².